The molecule has 0 amide bonds. The molecule has 37 heavy (non-hydrogen) atoms. The minimum absolute atomic E-state index is 0. The Hall–Kier alpha value is 0.849. The molecule has 2 aromatic rings. The van der Waals surface area contributed by atoms with Gasteiger partial charge in [0.1, 0.15) is 0 Å². The minimum atomic E-state index is 0. The zero-order chi connectivity index (χ0) is 29.2. The Balaban J connectivity index is -0.0000000389. The summed E-state index contributed by atoms with van der Waals surface area (Å²) in [4.78, 5) is 0. The Labute approximate surface area is 285 Å². The fourth-order valence-corrected chi connectivity index (χ4v) is 2.81. The molecular formula is C26H34Cl2O4ReRu2S2-. The maximum Gasteiger partial charge on any atom is 2.00 e. The van der Waals surface area contributed by atoms with E-state index in [9.17, 15) is 0 Å². The predicted octanol–water partition coefficient (Wildman–Crippen LogP) is 7.20. The fraction of sp³-hybridized carbons (Fsp3) is 0.462. The number of rotatable bonds is 0. The summed E-state index contributed by atoms with van der Waals surface area (Å²) < 4.78 is 30.0. The van der Waals surface area contributed by atoms with Gasteiger partial charge in [-0.2, -0.15) is 55.6 Å². The van der Waals surface area contributed by atoms with Gasteiger partial charge in [-0.05, 0) is 0 Å². The zero-order valence-corrected chi connectivity index (χ0v) is 32.0. The molecule has 0 aliphatic heterocycles. The number of halogens is 2. The van der Waals surface area contributed by atoms with E-state index in [-0.39, 0.29) is 64.7 Å². The van der Waals surface area contributed by atoms with Gasteiger partial charge >= 0.3 is 84.2 Å². The summed E-state index contributed by atoms with van der Waals surface area (Å²) in [6.45, 7) is 40.0. The van der Waals surface area contributed by atoms with Crippen molar-refractivity contribution >= 4 is 48.5 Å². The molecule has 0 saturated heterocycles. The summed E-state index contributed by atoms with van der Waals surface area (Å²) in [5.41, 5.74) is 14.7. The van der Waals surface area contributed by atoms with Gasteiger partial charge in [0.25, 0.3) is 0 Å². The molecule has 0 N–H and O–H groups in total. The second-order valence-electron chi connectivity index (χ2n) is 6.47. The fourth-order valence-electron chi connectivity index (χ4n) is 2.81. The standard InChI is InChI=1S/2C10H15.CH2Cl2.4CO.CH4S2.Re.2Ru/c2*1-6-7(2)9(4)10(5)8(6)3;2-1-3;4*1-2;2-1-3;;;/h2*1-5H3;1H2;;;;;2-3H,1H2;;;/q2*-1;;;;;;;;+1;+2/p-2. The Morgan fingerprint density at radius 2 is 0.649 bits per heavy atom. The minimum Gasteiger partial charge on any atom is -0.818 e. The quantitative estimate of drug-likeness (QED) is 0.0923. The van der Waals surface area contributed by atoms with E-state index in [4.69, 9.17) is 41.8 Å². The van der Waals surface area contributed by atoms with E-state index in [1.807, 2.05) is 0 Å². The Bertz CT molecular complexity index is 618. The summed E-state index contributed by atoms with van der Waals surface area (Å²) in [7, 11) is 0. The van der Waals surface area contributed by atoms with Crippen LogP contribution in [0.4, 0.5) is 0 Å². The van der Waals surface area contributed by atoms with Gasteiger partial charge in [0.2, 0.25) is 0 Å². The average molecular weight is 934 g/mol. The zero-order valence-electron chi connectivity index (χ0n) is 22.7. The van der Waals surface area contributed by atoms with Crippen molar-refractivity contribution in [3.8, 4) is 0 Å². The molecule has 0 unspecified atom stereocenters. The van der Waals surface area contributed by atoms with Crippen LogP contribution in [0.2, 0.25) is 0 Å². The molecule has 0 heterocycles. The van der Waals surface area contributed by atoms with Crippen molar-refractivity contribution in [3.63, 3.8) is 0 Å². The first-order chi connectivity index (χ1) is 15.9. The largest absolute Gasteiger partial charge is 2.00 e. The molecular weight excluding hydrogens is 900 g/mol. The van der Waals surface area contributed by atoms with Gasteiger partial charge in [-0.25, -0.2) is 0 Å². The van der Waals surface area contributed by atoms with E-state index in [0.717, 1.165) is 0 Å². The van der Waals surface area contributed by atoms with Crippen LogP contribution in [0.25, 0.3) is 0 Å². The molecule has 212 valence electrons. The number of alkyl halides is 2. The Morgan fingerprint density at radius 1 is 0.568 bits per heavy atom. The van der Waals surface area contributed by atoms with Crippen LogP contribution in [0.15, 0.2) is 0 Å². The van der Waals surface area contributed by atoms with Crippen molar-refractivity contribution in [1.29, 1.82) is 0 Å². The van der Waals surface area contributed by atoms with Crippen molar-refractivity contribution in [1.82, 2.24) is 0 Å². The topological polar surface area (TPSA) is 79.6 Å². The molecule has 0 atom stereocenters. The van der Waals surface area contributed by atoms with Gasteiger partial charge in [-0.1, -0.05) is 69.2 Å². The SMILES string of the molecule is Cc1c(C)c(C)[c-](C)c1C.Cc1c(C)c(C)[c-](C)c1C.ClCCl.[C-]#[O+].[C-]#[O+].[C-]#[O+].[C-]#[O+].[Re].[Ru+2].[Ru+].[S-]C[S-]. The van der Waals surface area contributed by atoms with Crippen LogP contribution in [-0.2, 0) is 103 Å². The smallest absolute Gasteiger partial charge is 0.818 e. The first-order valence-corrected chi connectivity index (χ1v) is 11.7. The molecule has 0 bridgehead atoms. The van der Waals surface area contributed by atoms with Crippen molar-refractivity contribution in [2.45, 2.75) is 69.2 Å². The molecule has 2 radical (unpaired) electrons. The van der Waals surface area contributed by atoms with Crippen molar-refractivity contribution in [3.05, 3.63) is 82.2 Å². The Morgan fingerprint density at radius 3 is 0.676 bits per heavy atom. The van der Waals surface area contributed by atoms with E-state index in [1.165, 1.54) is 55.6 Å². The maximum atomic E-state index is 7.50. The van der Waals surface area contributed by atoms with E-state index < -0.39 is 0 Å². The third-order valence-electron chi connectivity index (χ3n) is 5.62. The molecule has 0 aromatic heterocycles. The van der Waals surface area contributed by atoms with Crippen LogP contribution in [0, 0.1) is 95.8 Å². The average Bonchev–Trinajstić information content (AvgIpc) is 3.15. The molecule has 0 fully saturated rings. The van der Waals surface area contributed by atoms with E-state index in [0.29, 0.717) is 5.08 Å². The second-order valence-corrected chi connectivity index (χ2v) is 8.22. The molecule has 0 aliphatic rings. The Kier molecular flexibility index (Phi) is 73.2. The first-order valence-electron chi connectivity index (χ1n) is 9.43. The van der Waals surface area contributed by atoms with Gasteiger partial charge in [-0.3, -0.25) is 0 Å². The van der Waals surface area contributed by atoms with Crippen LogP contribution in [0.5, 0.6) is 0 Å². The van der Waals surface area contributed by atoms with E-state index in [1.54, 1.807) is 0 Å². The predicted molar refractivity (Wildman–Crippen MR) is 143 cm³/mol. The number of hydrogen-bond donors (Lipinski definition) is 0. The third kappa shape index (κ3) is 26.8. The maximum absolute atomic E-state index is 7.50. The van der Waals surface area contributed by atoms with Crippen LogP contribution < -0.4 is 0 Å². The third-order valence-corrected chi connectivity index (χ3v) is 5.62. The van der Waals surface area contributed by atoms with Gasteiger partial charge in [0, 0.05) is 20.4 Å². The molecule has 0 aliphatic carbocycles. The van der Waals surface area contributed by atoms with Crippen LogP contribution >= 0.6 is 23.2 Å². The van der Waals surface area contributed by atoms with Crippen molar-refractivity contribution in [2.75, 3.05) is 10.4 Å². The van der Waals surface area contributed by atoms with Gasteiger partial charge in [-0.15, -0.1) is 23.2 Å². The van der Waals surface area contributed by atoms with Crippen LogP contribution in [0.1, 0.15) is 55.6 Å². The van der Waals surface area contributed by atoms with Crippen LogP contribution in [-0.4, -0.2) is 10.4 Å². The second kappa shape index (κ2) is 43.9. The normalized spacial score (nSPS) is 6.86. The monoisotopic (exact) mass is 935 g/mol. The summed E-state index contributed by atoms with van der Waals surface area (Å²) in [5.74, 6) is 0. The summed E-state index contributed by atoms with van der Waals surface area (Å²) >= 11 is 17.9. The van der Waals surface area contributed by atoms with E-state index >= 15 is 0 Å². The van der Waals surface area contributed by atoms with Crippen molar-refractivity contribution < 1.29 is 78.0 Å². The van der Waals surface area contributed by atoms with Crippen molar-refractivity contribution in [2.24, 2.45) is 0 Å². The number of hydrogen-bond acceptors (Lipinski definition) is 2. The molecule has 2 aromatic carbocycles. The van der Waals surface area contributed by atoms with Crippen LogP contribution in [0.3, 0.4) is 0 Å². The van der Waals surface area contributed by atoms with Gasteiger partial charge < -0.3 is 30.3 Å². The summed E-state index contributed by atoms with van der Waals surface area (Å²) in [5, 5.41) is 0.611. The molecule has 2 rings (SSSR count). The molecule has 4 nitrogen and oxygen atoms in total. The molecule has 0 saturated carbocycles. The first kappa shape index (κ1) is 61.8. The molecule has 11 heteroatoms. The van der Waals surface area contributed by atoms with Gasteiger partial charge in [0.15, 0.2) is 0 Å². The summed E-state index contributed by atoms with van der Waals surface area (Å²) in [6, 6.07) is 0. The van der Waals surface area contributed by atoms with E-state index in [2.05, 4.69) is 121 Å². The molecule has 0 spiro atoms. The summed E-state index contributed by atoms with van der Waals surface area (Å²) in [6.07, 6.45) is 0. The van der Waals surface area contributed by atoms with Gasteiger partial charge in [0.05, 0.1) is 5.34 Å².